The normalized spacial score (nSPS) is 17.2. The molecule has 106 valence electrons. The number of rotatable bonds is 2. The van der Waals surface area contributed by atoms with Crippen molar-refractivity contribution >= 4 is 5.69 Å². The van der Waals surface area contributed by atoms with E-state index in [9.17, 15) is 17.6 Å². The van der Waals surface area contributed by atoms with E-state index in [1.807, 2.05) is 0 Å². The number of benzene rings is 1. The average molecular weight is 287 g/mol. The lowest BCUT2D eigenvalue weighted by atomic mass is 10.1. The van der Waals surface area contributed by atoms with Gasteiger partial charge in [0.15, 0.2) is 11.4 Å². The van der Waals surface area contributed by atoms with Crippen LogP contribution in [-0.4, -0.2) is 26.4 Å². The fraction of sp³-hybridized carbons (Fsp3) is 0.364. The first-order valence-corrected chi connectivity index (χ1v) is 5.76. The van der Waals surface area contributed by atoms with E-state index in [4.69, 9.17) is 5.73 Å². The smallest absolute Gasteiger partial charge is 0.396 e. The molecule has 1 fully saturated rings. The van der Waals surface area contributed by atoms with Gasteiger partial charge >= 0.3 is 6.18 Å². The summed E-state index contributed by atoms with van der Waals surface area (Å²) in [4.78, 5) is 0. The largest absolute Gasteiger partial charge is 0.413 e. The lowest BCUT2D eigenvalue weighted by Gasteiger charge is -2.20. The van der Waals surface area contributed by atoms with E-state index in [-0.39, 0.29) is 29.9 Å². The Morgan fingerprint density at radius 3 is 2.50 bits per heavy atom. The summed E-state index contributed by atoms with van der Waals surface area (Å²) in [6, 6.07) is 3.57. The SMILES string of the molecule is Nc1cc(-c2nnnn2C2(C(F)(F)F)CC2)ccc1F. The Kier molecular flexibility index (Phi) is 2.50. The van der Waals surface area contributed by atoms with Crippen molar-refractivity contribution in [3.05, 3.63) is 24.0 Å². The summed E-state index contributed by atoms with van der Waals surface area (Å²) in [5.41, 5.74) is 3.42. The van der Waals surface area contributed by atoms with Gasteiger partial charge in [-0.1, -0.05) is 0 Å². The van der Waals surface area contributed by atoms with Gasteiger partial charge in [-0.05, 0) is 41.5 Å². The molecular formula is C11H9F4N5. The maximum Gasteiger partial charge on any atom is 0.413 e. The lowest BCUT2D eigenvalue weighted by Crippen LogP contribution is -2.36. The number of hydrogen-bond acceptors (Lipinski definition) is 4. The third-order valence-corrected chi connectivity index (χ3v) is 3.38. The summed E-state index contributed by atoms with van der Waals surface area (Å²) in [5.74, 6) is -0.726. The highest BCUT2D eigenvalue weighted by atomic mass is 19.4. The maximum atomic E-state index is 13.1. The topological polar surface area (TPSA) is 69.6 Å². The van der Waals surface area contributed by atoms with Crippen LogP contribution >= 0.6 is 0 Å². The molecule has 1 aromatic heterocycles. The van der Waals surface area contributed by atoms with E-state index in [1.165, 1.54) is 12.1 Å². The monoisotopic (exact) mass is 287 g/mol. The second kappa shape index (κ2) is 3.90. The van der Waals surface area contributed by atoms with Crippen molar-refractivity contribution in [1.29, 1.82) is 0 Å². The molecule has 1 aromatic carbocycles. The second-order valence-electron chi connectivity index (χ2n) is 4.68. The fourth-order valence-electron chi connectivity index (χ4n) is 2.07. The number of aromatic nitrogens is 4. The van der Waals surface area contributed by atoms with Crippen molar-refractivity contribution < 1.29 is 17.6 Å². The summed E-state index contributed by atoms with van der Waals surface area (Å²) in [6.07, 6.45) is -4.60. The first-order chi connectivity index (χ1) is 9.35. The van der Waals surface area contributed by atoms with Crippen LogP contribution in [0.15, 0.2) is 18.2 Å². The molecule has 0 atom stereocenters. The average Bonchev–Trinajstić information content (AvgIpc) is 3.05. The predicted molar refractivity (Wildman–Crippen MR) is 60.9 cm³/mol. The number of alkyl halides is 3. The van der Waals surface area contributed by atoms with Gasteiger partial charge < -0.3 is 5.73 Å². The van der Waals surface area contributed by atoms with Crippen molar-refractivity contribution in [2.75, 3.05) is 5.73 Å². The first-order valence-electron chi connectivity index (χ1n) is 5.76. The number of nitrogen functional groups attached to an aromatic ring is 1. The molecule has 3 rings (SSSR count). The molecule has 1 heterocycles. The van der Waals surface area contributed by atoms with Gasteiger partial charge in [-0.25, -0.2) is 9.07 Å². The van der Waals surface area contributed by atoms with Crippen LogP contribution in [0.3, 0.4) is 0 Å². The van der Waals surface area contributed by atoms with Crippen molar-refractivity contribution in [3.8, 4) is 11.4 Å². The minimum Gasteiger partial charge on any atom is -0.396 e. The summed E-state index contributed by atoms with van der Waals surface area (Å²) < 4.78 is 53.2. The van der Waals surface area contributed by atoms with Crippen molar-refractivity contribution in [2.24, 2.45) is 0 Å². The van der Waals surface area contributed by atoms with Gasteiger partial charge in [0.2, 0.25) is 0 Å². The molecule has 1 saturated carbocycles. The van der Waals surface area contributed by atoms with E-state index in [2.05, 4.69) is 15.5 Å². The van der Waals surface area contributed by atoms with Crippen LogP contribution in [0.5, 0.6) is 0 Å². The van der Waals surface area contributed by atoms with Crippen molar-refractivity contribution in [2.45, 2.75) is 24.6 Å². The lowest BCUT2D eigenvalue weighted by molar-refractivity contribution is -0.182. The van der Waals surface area contributed by atoms with E-state index in [0.717, 1.165) is 10.7 Å². The summed E-state index contributed by atoms with van der Waals surface area (Å²) >= 11 is 0. The highest BCUT2D eigenvalue weighted by Crippen LogP contribution is 2.55. The molecule has 0 unspecified atom stereocenters. The Balaban J connectivity index is 2.09. The second-order valence-corrected chi connectivity index (χ2v) is 4.68. The number of anilines is 1. The molecule has 5 nitrogen and oxygen atoms in total. The van der Waals surface area contributed by atoms with E-state index in [0.29, 0.717) is 0 Å². The quantitative estimate of drug-likeness (QED) is 0.678. The number of nitrogens with zero attached hydrogens (tertiary/aromatic N) is 4. The minimum atomic E-state index is -4.44. The summed E-state index contributed by atoms with van der Waals surface area (Å²) in [6.45, 7) is 0. The Hall–Kier alpha value is -2.19. The van der Waals surface area contributed by atoms with Crippen LogP contribution in [0.2, 0.25) is 0 Å². The summed E-state index contributed by atoms with van der Waals surface area (Å²) in [5, 5.41) is 10.3. The molecule has 0 spiro atoms. The van der Waals surface area contributed by atoms with Crippen molar-refractivity contribution in [3.63, 3.8) is 0 Å². The van der Waals surface area contributed by atoms with Crippen LogP contribution in [0.1, 0.15) is 12.8 Å². The Bertz CT molecular complexity index is 659. The van der Waals surface area contributed by atoms with Crippen molar-refractivity contribution in [1.82, 2.24) is 20.2 Å². The van der Waals surface area contributed by atoms with Gasteiger partial charge in [0, 0.05) is 5.56 Å². The third kappa shape index (κ3) is 1.73. The molecule has 1 aliphatic carbocycles. The predicted octanol–water partition coefficient (Wildman–Crippen LogP) is 2.11. The minimum absolute atomic E-state index is 0.0773. The molecule has 1 aliphatic rings. The van der Waals surface area contributed by atoms with Crippen LogP contribution in [0.25, 0.3) is 11.4 Å². The standard InChI is InChI=1S/C11H9F4N5/c12-7-2-1-6(5-8(7)16)9-17-18-19-20(9)10(3-4-10)11(13,14)15/h1-2,5H,3-4,16H2. The van der Waals surface area contributed by atoms with Crippen LogP contribution in [0, 0.1) is 5.82 Å². The maximum absolute atomic E-state index is 13.1. The molecule has 2 aromatic rings. The van der Waals surface area contributed by atoms with Gasteiger partial charge in [-0.3, -0.25) is 0 Å². The number of hydrogen-bond donors (Lipinski definition) is 1. The molecule has 0 bridgehead atoms. The highest BCUT2D eigenvalue weighted by Gasteiger charge is 2.66. The van der Waals surface area contributed by atoms with Gasteiger partial charge in [-0.15, -0.1) is 5.10 Å². The Morgan fingerprint density at radius 1 is 1.25 bits per heavy atom. The molecule has 20 heavy (non-hydrogen) atoms. The zero-order chi connectivity index (χ0) is 14.5. The molecule has 2 N–H and O–H groups in total. The van der Waals surface area contributed by atoms with E-state index in [1.54, 1.807) is 0 Å². The Morgan fingerprint density at radius 2 is 1.95 bits per heavy atom. The molecule has 9 heteroatoms. The molecule has 0 radical (unpaired) electrons. The van der Waals surface area contributed by atoms with Gasteiger partial charge in [0.25, 0.3) is 0 Å². The van der Waals surface area contributed by atoms with Gasteiger partial charge in [-0.2, -0.15) is 13.2 Å². The number of tetrazole rings is 1. The number of nitrogens with two attached hydrogens (primary N) is 1. The van der Waals surface area contributed by atoms with Crippen LogP contribution in [0.4, 0.5) is 23.2 Å². The zero-order valence-corrected chi connectivity index (χ0v) is 10.0. The highest BCUT2D eigenvalue weighted by molar-refractivity contribution is 5.61. The fourth-order valence-corrected chi connectivity index (χ4v) is 2.07. The Labute approximate surface area is 110 Å². The van der Waals surface area contributed by atoms with Gasteiger partial charge in [0.05, 0.1) is 5.69 Å². The molecule has 0 aliphatic heterocycles. The summed E-state index contributed by atoms with van der Waals surface area (Å²) in [7, 11) is 0. The van der Waals surface area contributed by atoms with Crippen LogP contribution < -0.4 is 5.73 Å². The molecule has 0 amide bonds. The van der Waals surface area contributed by atoms with Crippen LogP contribution in [-0.2, 0) is 5.54 Å². The van der Waals surface area contributed by atoms with E-state index < -0.39 is 17.5 Å². The zero-order valence-electron chi connectivity index (χ0n) is 10.0. The number of halogens is 4. The third-order valence-electron chi connectivity index (χ3n) is 3.38. The van der Waals surface area contributed by atoms with Gasteiger partial charge in [0.1, 0.15) is 5.82 Å². The van der Waals surface area contributed by atoms with E-state index >= 15 is 0 Å². The molecule has 0 saturated heterocycles. The first kappa shape index (κ1) is 12.8. The molecular weight excluding hydrogens is 278 g/mol.